The van der Waals surface area contributed by atoms with Crippen LogP contribution >= 0.6 is 11.3 Å². The molecule has 7 nitrogen and oxygen atoms in total. The van der Waals surface area contributed by atoms with Gasteiger partial charge < -0.3 is 15.7 Å². The Hall–Kier alpha value is -1.96. The number of nitrogens with zero attached hydrogens (tertiary/aromatic N) is 1. The number of hydrogen-bond donors (Lipinski definition) is 3. The standard InChI is InChI=1S/C15H21N3O4S/c19-12(16-7-6-13(20)21)8-11-9-23-15(17-11)18-14(22)10-4-2-1-3-5-10/h9-10H,1-8H2,(H,16,19)(H,20,21)(H,17,18,22). The molecule has 1 aromatic rings. The Kier molecular flexibility index (Phi) is 6.52. The van der Waals surface area contributed by atoms with Crippen LogP contribution in [0.4, 0.5) is 5.13 Å². The molecule has 2 rings (SSSR count). The van der Waals surface area contributed by atoms with E-state index in [2.05, 4.69) is 15.6 Å². The van der Waals surface area contributed by atoms with Crippen molar-refractivity contribution >= 4 is 34.3 Å². The van der Waals surface area contributed by atoms with Gasteiger partial charge in [0.25, 0.3) is 0 Å². The van der Waals surface area contributed by atoms with Gasteiger partial charge in [0.15, 0.2) is 5.13 Å². The van der Waals surface area contributed by atoms with Gasteiger partial charge in [-0.3, -0.25) is 14.4 Å². The zero-order valence-electron chi connectivity index (χ0n) is 12.8. The van der Waals surface area contributed by atoms with Gasteiger partial charge in [-0.05, 0) is 12.8 Å². The van der Waals surface area contributed by atoms with E-state index in [4.69, 9.17) is 5.11 Å². The SMILES string of the molecule is O=C(O)CCNC(=O)Cc1csc(NC(=O)C2CCCCC2)n1. The fraction of sp³-hybridized carbons (Fsp3) is 0.600. The molecule has 0 unspecified atom stereocenters. The van der Waals surface area contributed by atoms with Crippen molar-refractivity contribution in [2.75, 3.05) is 11.9 Å². The first-order chi connectivity index (χ1) is 11.0. The lowest BCUT2D eigenvalue weighted by Gasteiger charge is -2.19. The predicted molar refractivity (Wildman–Crippen MR) is 86.3 cm³/mol. The highest BCUT2D eigenvalue weighted by Gasteiger charge is 2.22. The molecule has 0 aromatic carbocycles. The smallest absolute Gasteiger partial charge is 0.305 e. The number of hydrogen-bond acceptors (Lipinski definition) is 5. The molecule has 0 radical (unpaired) electrons. The van der Waals surface area contributed by atoms with Crippen molar-refractivity contribution in [3.8, 4) is 0 Å². The van der Waals surface area contributed by atoms with Crippen LogP contribution in [0.1, 0.15) is 44.2 Å². The number of carboxylic acid groups (broad SMARTS) is 1. The predicted octanol–water partition coefficient (Wildman–Crippen LogP) is 1.80. The van der Waals surface area contributed by atoms with Gasteiger partial charge in [0.05, 0.1) is 18.5 Å². The highest BCUT2D eigenvalue weighted by molar-refractivity contribution is 7.13. The maximum absolute atomic E-state index is 12.1. The summed E-state index contributed by atoms with van der Waals surface area (Å²) in [6, 6.07) is 0. The molecule has 2 amide bonds. The Bertz CT molecular complexity index is 567. The highest BCUT2D eigenvalue weighted by Crippen LogP contribution is 2.25. The van der Waals surface area contributed by atoms with E-state index in [-0.39, 0.29) is 37.1 Å². The van der Waals surface area contributed by atoms with Gasteiger partial charge in [0.2, 0.25) is 11.8 Å². The van der Waals surface area contributed by atoms with E-state index in [0.29, 0.717) is 10.8 Å². The van der Waals surface area contributed by atoms with Crippen molar-refractivity contribution in [1.82, 2.24) is 10.3 Å². The van der Waals surface area contributed by atoms with Crippen molar-refractivity contribution in [3.05, 3.63) is 11.1 Å². The van der Waals surface area contributed by atoms with Gasteiger partial charge in [0.1, 0.15) is 0 Å². The van der Waals surface area contributed by atoms with Crippen molar-refractivity contribution < 1.29 is 19.5 Å². The monoisotopic (exact) mass is 339 g/mol. The van der Waals surface area contributed by atoms with E-state index in [9.17, 15) is 14.4 Å². The molecule has 1 saturated carbocycles. The average molecular weight is 339 g/mol. The minimum absolute atomic E-state index is 0.0107. The molecule has 0 atom stereocenters. The fourth-order valence-corrected chi connectivity index (χ4v) is 3.27. The van der Waals surface area contributed by atoms with Gasteiger partial charge in [-0.2, -0.15) is 0 Å². The van der Waals surface area contributed by atoms with E-state index in [0.717, 1.165) is 25.7 Å². The third-order valence-corrected chi connectivity index (χ3v) is 4.57. The Labute approximate surface area is 138 Å². The average Bonchev–Trinajstić information content (AvgIpc) is 2.94. The van der Waals surface area contributed by atoms with E-state index in [1.54, 1.807) is 5.38 Å². The minimum atomic E-state index is -0.952. The molecule has 0 spiro atoms. The van der Waals surface area contributed by atoms with Crippen LogP contribution in [-0.4, -0.2) is 34.4 Å². The van der Waals surface area contributed by atoms with Crippen molar-refractivity contribution in [2.24, 2.45) is 5.92 Å². The molecular weight excluding hydrogens is 318 g/mol. The quantitative estimate of drug-likeness (QED) is 0.702. The van der Waals surface area contributed by atoms with Crippen molar-refractivity contribution in [2.45, 2.75) is 44.9 Å². The normalized spacial score (nSPS) is 15.1. The van der Waals surface area contributed by atoms with Gasteiger partial charge in [-0.25, -0.2) is 4.98 Å². The lowest BCUT2D eigenvalue weighted by atomic mass is 9.89. The first-order valence-electron chi connectivity index (χ1n) is 7.78. The molecule has 0 aliphatic heterocycles. The van der Waals surface area contributed by atoms with Gasteiger partial charge in [-0.1, -0.05) is 19.3 Å². The lowest BCUT2D eigenvalue weighted by Crippen LogP contribution is -2.27. The number of amides is 2. The molecule has 1 aliphatic rings. The Morgan fingerprint density at radius 1 is 1.26 bits per heavy atom. The second-order valence-corrected chi connectivity index (χ2v) is 6.50. The summed E-state index contributed by atoms with van der Waals surface area (Å²) in [5, 5.41) is 16.1. The summed E-state index contributed by atoms with van der Waals surface area (Å²) in [5.74, 6) is -1.15. The largest absolute Gasteiger partial charge is 0.481 e. The molecular formula is C15H21N3O4S. The third kappa shape index (κ3) is 5.97. The zero-order valence-corrected chi connectivity index (χ0v) is 13.7. The molecule has 0 bridgehead atoms. The van der Waals surface area contributed by atoms with Crippen LogP contribution in [0, 0.1) is 5.92 Å². The Morgan fingerprint density at radius 3 is 2.70 bits per heavy atom. The summed E-state index contributed by atoms with van der Waals surface area (Å²) >= 11 is 1.30. The number of aliphatic carboxylic acids is 1. The molecule has 126 valence electrons. The molecule has 8 heteroatoms. The number of carbonyl (C=O) groups is 3. The zero-order chi connectivity index (χ0) is 16.7. The number of anilines is 1. The van der Waals surface area contributed by atoms with E-state index in [1.165, 1.54) is 17.8 Å². The summed E-state index contributed by atoms with van der Waals surface area (Å²) in [6.07, 6.45) is 5.21. The second kappa shape index (κ2) is 8.61. The van der Waals surface area contributed by atoms with Crippen LogP contribution in [0.15, 0.2) is 5.38 Å². The molecule has 1 aliphatic carbocycles. The summed E-state index contributed by atoms with van der Waals surface area (Å²) in [6.45, 7) is 0.101. The van der Waals surface area contributed by atoms with E-state index >= 15 is 0 Å². The summed E-state index contributed by atoms with van der Waals surface area (Å²) in [5.41, 5.74) is 0.571. The van der Waals surface area contributed by atoms with Crippen LogP contribution < -0.4 is 10.6 Å². The summed E-state index contributed by atoms with van der Waals surface area (Å²) in [7, 11) is 0. The van der Waals surface area contributed by atoms with Crippen LogP contribution in [0.5, 0.6) is 0 Å². The molecule has 23 heavy (non-hydrogen) atoms. The number of rotatable bonds is 7. The van der Waals surface area contributed by atoms with E-state index in [1.807, 2.05) is 0 Å². The van der Waals surface area contributed by atoms with Crippen LogP contribution in [0.3, 0.4) is 0 Å². The molecule has 0 saturated heterocycles. The lowest BCUT2D eigenvalue weighted by molar-refractivity contribution is -0.137. The maximum Gasteiger partial charge on any atom is 0.305 e. The minimum Gasteiger partial charge on any atom is -0.481 e. The molecule has 1 heterocycles. The first kappa shape index (κ1) is 17.4. The highest BCUT2D eigenvalue weighted by atomic mass is 32.1. The number of carbonyl (C=O) groups excluding carboxylic acids is 2. The number of carboxylic acids is 1. The van der Waals surface area contributed by atoms with Crippen molar-refractivity contribution in [3.63, 3.8) is 0 Å². The molecule has 1 fully saturated rings. The second-order valence-electron chi connectivity index (χ2n) is 5.64. The summed E-state index contributed by atoms with van der Waals surface area (Å²) in [4.78, 5) is 38.4. The van der Waals surface area contributed by atoms with Gasteiger partial charge in [-0.15, -0.1) is 11.3 Å². The topological polar surface area (TPSA) is 108 Å². The first-order valence-corrected chi connectivity index (χ1v) is 8.66. The Morgan fingerprint density at radius 2 is 2.00 bits per heavy atom. The number of thiazole rings is 1. The fourth-order valence-electron chi connectivity index (χ4n) is 2.55. The van der Waals surface area contributed by atoms with Crippen molar-refractivity contribution in [1.29, 1.82) is 0 Å². The van der Waals surface area contributed by atoms with Crippen LogP contribution in [0.2, 0.25) is 0 Å². The van der Waals surface area contributed by atoms with Crippen LogP contribution in [-0.2, 0) is 20.8 Å². The third-order valence-electron chi connectivity index (χ3n) is 3.76. The van der Waals surface area contributed by atoms with Crippen LogP contribution in [0.25, 0.3) is 0 Å². The molecule has 3 N–H and O–H groups in total. The van der Waals surface area contributed by atoms with Gasteiger partial charge >= 0.3 is 5.97 Å². The number of nitrogens with one attached hydrogen (secondary N) is 2. The van der Waals surface area contributed by atoms with Gasteiger partial charge in [0, 0.05) is 17.8 Å². The summed E-state index contributed by atoms with van der Waals surface area (Å²) < 4.78 is 0. The Balaban J connectivity index is 1.77. The molecule has 1 aromatic heterocycles. The number of aromatic nitrogens is 1. The maximum atomic E-state index is 12.1. The van der Waals surface area contributed by atoms with E-state index < -0.39 is 5.97 Å².